The second-order valence-corrected chi connectivity index (χ2v) is 5.32. The molecule has 0 aliphatic heterocycles. The van der Waals surface area contributed by atoms with Gasteiger partial charge in [0.05, 0.1) is 0 Å². The van der Waals surface area contributed by atoms with Crippen molar-refractivity contribution < 1.29 is 0 Å². The molecule has 0 fully saturated rings. The van der Waals surface area contributed by atoms with Crippen molar-refractivity contribution >= 4 is 17.3 Å². The van der Waals surface area contributed by atoms with E-state index in [2.05, 4.69) is 43.1 Å². The van der Waals surface area contributed by atoms with Gasteiger partial charge in [0.15, 0.2) is 0 Å². The summed E-state index contributed by atoms with van der Waals surface area (Å²) >= 11 is 6.17. The summed E-state index contributed by atoms with van der Waals surface area (Å²) in [6, 6.07) is 6.24. The van der Waals surface area contributed by atoms with Crippen molar-refractivity contribution in [1.29, 1.82) is 0 Å². The highest BCUT2D eigenvalue weighted by molar-refractivity contribution is 6.30. The Morgan fingerprint density at radius 1 is 1.16 bits per heavy atom. The summed E-state index contributed by atoms with van der Waals surface area (Å²) in [6.45, 7) is 10.7. The van der Waals surface area contributed by atoms with Gasteiger partial charge < -0.3 is 10.2 Å². The predicted octanol–water partition coefficient (Wildman–Crippen LogP) is 4.47. The Morgan fingerprint density at radius 3 is 2.58 bits per heavy atom. The lowest BCUT2D eigenvalue weighted by Gasteiger charge is -2.26. The van der Waals surface area contributed by atoms with E-state index in [0.29, 0.717) is 0 Å². The zero-order valence-corrected chi connectivity index (χ0v) is 13.3. The molecule has 1 rings (SSSR count). The van der Waals surface area contributed by atoms with Crippen LogP contribution in [0.2, 0.25) is 5.02 Å². The van der Waals surface area contributed by atoms with E-state index in [1.807, 2.05) is 6.07 Å². The van der Waals surface area contributed by atoms with E-state index in [9.17, 15) is 0 Å². The van der Waals surface area contributed by atoms with Gasteiger partial charge in [-0.05, 0) is 44.0 Å². The van der Waals surface area contributed by atoms with Crippen LogP contribution in [0.1, 0.15) is 45.6 Å². The molecule has 1 aromatic rings. The molecule has 3 heteroatoms. The van der Waals surface area contributed by atoms with Gasteiger partial charge in [-0.15, -0.1) is 0 Å². The van der Waals surface area contributed by atoms with E-state index in [4.69, 9.17) is 11.6 Å². The molecule has 0 aromatic heterocycles. The molecule has 0 atom stereocenters. The fourth-order valence-corrected chi connectivity index (χ4v) is 2.34. The molecule has 0 saturated heterocycles. The quantitative estimate of drug-likeness (QED) is 0.673. The lowest BCUT2D eigenvalue weighted by Crippen LogP contribution is -2.26. The summed E-state index contributed by atoms with van der Waals surface area (Å²) in [5.41, 5.74) is 2.63. The van der Waals surface area contributed by atoms with Crippen LogP contribution in [0.15, 0.2) is 18.2 Å². The fraction of sp³-hybridized carbons (Fsp3) is 0.625. The van der Waals surface area contributed by atoms with Crippen LogP contribution in [0.5, 0.6) is 0 Å². The largest absolute Gasteiger partial charge is 0.372 e. The molecule has 108 valence electrons. The van der Waals surface area contributed by atoms with Gasteiger partial charge in [0.25, 0.3) is 0 Å². The lowest BCUT2D eigenvalue weighted by atomic mass is 10.1. The molecule has 0 unspecified atom stereocenters. The first kappa shape index (κ1) is 16.3. The molecule has 0 aliphatic rings. The summed E-state index contributed by atoms with van der Waals surface area (Å²) in [5, 5.41) is 4.30. The third kappa shape index (κ3) is 5.42. The summed E-state index contributed by atoms with van der Waals surface area (Å²) in [7, 11) is 0. The Labute approximate surface area is 123 Å². The number of anilines is 1. The van der Waals surface area contributed by atoms with Gasteiger partial charge in [-0.1, -0.05) is 37.9 Å². The van der Waals surface area contributed by atoms with Crippen molar-refractivity contribution in [2.45, 2.75) is 46.6 Å². The zero-order chi connectivity index (χ0) is 14.1. The van der Waals surface area contributed by atoms with Crippen molar-refractivity contribution in [3.05, 3.63) is 28.8 Å². The van der Waals surface area contributed by atoms with Gasteiger partial charge in [-0.2, -0.15) is 0 Å². The van der Waals surface area contributed by atoms with Gasteiger partial charge >= 0.3 is 0 Å². The van der Waals surface area contributed by atoms with E-state index in [0.717, 1.165) is 37.6 Å². The van der Waals surface area contributed by atoms with Crippen LogP contribution in [0, 0.1) is 0 Å². The molecule has 0 radical (unpaired) electrons. The molecule has 19 heavy (non-hydrogen) atoms. The van der Waals surface area contributed by atoms with Gasteiger partial charge in [0, 0.05) is 30.3 Å². The van der Waals surface area contributed by atoms with Crippen LogP contribution >= 0.6 is 11.6 Å². The first-order valence-electron chi connectivity index (χ1n) is 7.47. The van der Waals surface area contributed by atoms with Gasteiger partial charge in [0.2, 0.25) is 0 Å². The van der Waals surface area contributed by atoms with Crippen molar-refractivity contribution in [2.24, 2.45) is 0 Å². The average molecular weight is 283 g/mol. The minimum atomic E-state index is 0.823. The smallest absolute Gasteiger partial charge is 0.0426 e. The summed E-state index contributed by atoms with van der Waals surface area (Å²) < 4.78 is 0. The van der Waals surface area contributed by atoms with Crippen molar-refractivity contribution in [2.75, 3.05) is 24.5 Å². The van der Waals surface area contributed by atoms with Crippen LogP contribution in [-0.2, 0) is 6.54 Å². The van der Waals surface area contributed by atoms with Gasteiger partial charge in [-0.25, -0.2) is 0 Å². The lowest BCUT2D eigenvalue weighted by molar-refractivity contribution is 0.669. The third-order valence-corrected chi connectivity index (χ3v) is 3.53. The van der Waals surface area contributed by atoms with Crippen LogP contribution in [-0.4, -0.2) is 19.6 Å². The number of benzene rings is 1. The molecular weight excluding hydrogens is 256 g/mol. The number of rotatable bonds is 9. The van der Waals surface area contributed by atoms with E-state index in [1.165, 1.54) is 24.1 Å². The molecule has 2 nitrogen and oxygen atoms in total. The number of hydrogen-bond acceptors (Lipinski definition) is 2. The van der Waals surface area contributed by atoms with E-state index >= 15 is 0 Å². The minimum absolute atomic E-state index is 0.823. The molecule has 0 bridgehead atoms. The monoisotopic (exact) mass is 282 g/mol. The number of halogens is 1. The fourth-order valence-electron chi connectivity index (χ4n) is 2.18. The molecule has 0 saturated carbocycles. The topological polar surface area (TPSA) is 15.3 Å². The zero-order valence-electron chi connectivity index (χ0n) is 12.5. The number of nitrogens with one attached hydrogen (secondary N) is 1. The molecule has 0 heterocycles. The van der Waals surface area contributed by atoms with Crippen LogP contribution in [0.3, 0.4) is 0 Å². The van der Waals surface area contributed by atoms with E-state index in [-0.39, 0.29) is 0 Å². The highest BCUT2D eigenvalue weighted by Crippen LogP contribution is 2.25. The molecule has 1 N–H and O–H groups in total. The Morgan fingerprint density at radius 2 is 1.95 bits per heavy atom. The Kier molecular flexibility index (Phi) is 7.92. The standard InChI is InChI=1S/C16H27ClN2/c1-4-7-11-19(6-3)16-12-15(17)9-8-14(16)13-18-10-5-2/h8-9,12,18H,4-7,10-11,13H2,1-3H3. The van der Waals surface area contributed by atoms with Gasteiger partial charge in [0.1, 0.15) is 0 Å². The molecule has 0 spiro atoms. The molecule has 0 amide bonds. The third-order valence-electron chi connectivity index (χ3n) is 3.29. The maximum absolute atomic E-state index is 6.17. The minimum Gasteiger partial charge on any atom is -0.372 e. The summed E-state index contributed by atoms with van der Waals surface area (Å²) in [4.78, 5) is 2.43. The summed E-state index contributed by atoms with van der Waals surface area (Å²) in [5.74, 6) is 0. The van der Waals surface area contributed by atoms with Crippen molar-refractivity contribution in [3.8, 4) is 0 Å². The molecular formula is C16H27ClN2. The SMILES string of the molecule is CCCCN(CC)c1cc(Cl)ccc1CNCCC. The van der Waals surface area contributed by atoms with Gasteiger partial charge in [-0.3, -0.25) is 0 Å². The molecule has 1 aromatic carbocycles. The van der Waals surface area contributed by atoms with E-state index < -0.39 is 0 Å². The average Bonchev–Trinajstić information content (AvgIpc) is 2.42. The number of unbranched alkanes of at least 4 members (excludes halogenated alkanes) is 1. The van der Waals surface area contributed by atoms with Crippen molar-refractivity contribution in [1.82, 2.24) is 5.32 Å². The van der Waals surface area contributed by atoms with Crippen molar-refractivity contribution in [3.63, 3.8) is 0 Å². The molecule has 0 aliphatic carbocycles. The predicted molar refractivity (Wildman–Crippen MR) is 86.2 cm³/mol. The Bertz CT molecular complexity index is 366. The normalized spacial score (nSPS) is 10.7. The Hall–Kier alpha value is -0.730. The van der Waals surface area contributed by atoms with Crippen LogP contribution in [0.25, 0.3) is 0 Å². The van der Waals surface area contributed by atoms with Crippen LogP contribution < -0.4 is 10.2 Å². The Balaban J connectivity index is 2.84. The van der Waals surface area contributed by atoms with Crippen LogP contribution in [0.4, 0.5) is 5.69 Å². The summed E-state index contributed by atoms with van der Waals surface area (Å²) in [6.07, 6.45) is 3.61. The first-order valence-corrected chi connectivity index (χ1v) is 7.84. The second kappa shape index (κ2) is 9.22. The maximum Gasteiger partial charge on any atom is 0.0426 e. The maximum atomic E-state index is 6.17. The highest BCUT2D eigenvalue weighted by atomic mass is 35.5. The first-order chi connectivity index (χ1) is 9.22. The number of hydrogen-bond donors (Lipinski definition) is 1. The highest BCUT2D eigenvalue weighted by Gasteiger charge is 2.10. The number of nitrogens with zero attached hydrogens (tertiary/aromatic N) is 1. The second-order valence-electron chi connectivity index (χ2n) is 4.88. The van der Waals surface area contributed by atoms with E-state index in [1.54, 1.807) is 0 Å².